The normalized spacial score (nSPS) is 23.3. The molecule has 0 spiro atoms. The fraction of sp³-hybridized carbons (Fsp3) is 0.719. The Bertz CT molecular complexity index is 915. The van der Waals surface area contributed by atoms with Gasteiger partial charge in [-0.05, 0) is 56.4 Å². The van der Waals surface area contributed by atoms with E-state index in [2.05, 4.69) is 0 Å². The van der Waals surface area contributed by atoms with Crippen LogP contribution in [0.2, 0.25) is 0 Å². The Hall–Kier alpha value is -2.19. The molecule has 0 radical (unpaired) electrons. The van der Waals surface area contributed by atoms with E-state index in [1.807, 2.05) is 37.3 Å². The molecule has 1 aliphatic heterocycles. The van der Waals surface area contributed by atoms with Gasteiger partial charge in [-0.1, -0.05) is 62.9 Å². The summed E-state index contributed by atoms with van der Waals surface area (Å²) in [6, 6.07) is 9.55. The van der Waals surface area contributed by atoms with Crippen molar-refractivity contribution >= 4 is 17.5 Å². The molecular formula is C32H46F2O6. The van der Waals surface area contributed by atoms with Gasteiger partial charge in [-0.3, -0.25) is 14.4 Å². The highest BCUT2D eigenvalue weighted by Crippen LogP contribution is 2.40. The van der Waals surface area contributed by atoms with Crippen molar-refractivity contribution in [3.8, 4) is 0 Å². The van der Waals surface area contributed by atoms with Crippen LogP contribution in [-0.4, -0.2) is 42.5 Å². The van der Waals surface area contributed by atoms with Crippen LogP contribution in [0.25, 0.3) is 0 Å². The molecule has 40 heavy (non-hydrogen) atoms. The number of ether oxygens (including phenoxy) is 3. The number of Topliss-reactive ketones (excluding diaryl/α,β-unsaturated/α-hetero) is 2. The van der Waals surface area contributed by atoms with Crippen LogP contribution in [0.1, 0.15) is 109 Å². The molecule has 1 aliphatic carbocycles. The van der Waals surface area contributed by atoms with Crippen molar-refractivity contribution in [1.82, 2.24) is 0 Å². The van der Waals surface area contributed by atoms with E-state index in [1.54, 1.807) is 0 Å². The second kappa shape index (κ2) is 16.9. The van der Waals surface area contributed by atoms with E-state index in [4.69, 9.17) is 14.2 Å². The molecule has 0 N–H and O–H groups in total. The number of hydrogen-bond donors (Lipinski definition) is 0. The summed E-state index contributed by atoms with van der Waals surface area (Å²) >= 11 is 0. The molecule has 1 heterocycles. The van der Waals surface area contributed by atoms with Crippen molar-refractivity contribution in [2.24, 2.45) is 11.8 Å². The number of unbranched alkanes of at least 4 members (excludes halogenated alkanes) is 4. The summed E-state index contributed by atoms with van der Waals surface area (Å²) in [5.74, 6) is -5.07. The van der Waals surface area contributed by atoms with Crippen molar-refractivity contribution in [3.05, 3.63) is 35.9 Å². The summed E-state index contributed by atoms with van der Waals surface area (Å²) in [7, 11) is 0. The Morgan fingerprint density at radius 3 is 2.50 bits per heavy atom. The van der Waals surface area contributed by atoms with E-state index in [9.17, 15) is 23.2 Å². The molecule has 4 unspecified atom stereocenters. The molecule has 6 nitrogen and oxygen atoms in total. The second-order valence-electron chi connectivity index (χ2n) is 11.3. The van der Waals surface area contributed by atoms with Gasteiger partial charge in [0.05, 0.1) is 6.10 Å². The van der Waals surface area contributed by atoms with Gasteiger partial charge in [0.15, 0.2) is 6.29 Å². The van der Waals surface area contributed by atoms with E-state index in [1.165, 1.54) is 0 Å². The van der Waals surface area contributed by atoms with Gasteiger partial charge in [0.1, 0.15) is 12.4 Å². The number of benzene rings is 1. The third-order valence-electron chi connectivity index (χ3n) is 8.12. The van der Waals surface area contributed by atoms with Crippen molar-refractivity contribution in [3.63, 3.8) is 0 Å². The number of carbonyl (C=O) groups is 3. The third-order valence-corrected chi connectivity index (χ3v) is 8.12. The summed E-state index contributed by atoms with van der Waals surface area (Å²) in [5.41, 5.74) is 0.954. The van der Waals surface area contributed by atoms with E-state index in [-0.39, 0.29) is 55.7 Å². The zero-order chi connectivity index (χ0) is 28.8. The predicted octanol–water partition coefficient (Wildman–Crippen LogP) is 7.36. The smallest absolute Gasteiger partial charge is 0.306 e. The minimum Gasteiger partial charge on any atom is -0.461 e. The molecule has 8 heteroatoms. The number of rotatable bonds is 18. The quantitative estimate of drug-likeness (QED) is 0.137. The highest BCUT2D eigenvalue weighted by molar-refractivity contribution is 5.86. The number of alkyl halides is 2. The Kier molecular flexibility index (Phi) is 13.7. The zero-order valence-electron chi connectivity index (χ0n) is 23.9. The number of carbonyl (C=O) groups excluding carboxylic acids is 3. The molecule has 2 fully saturated rings. The van der Waals surface area contributed by atoms with Crippen LogP contribution in [0.4, 0.5) is 8.78 Å². The largest absolute Gasteiger partial charge is 0.461 e. The SMILES string of the molecule is CCCCC(F)(F)C(=O)CCC1C(OC2CCCCO2)CC(=O)C1CCCCCCC(=O)OCc1ccccc1. The van der Waals surface area contributed by atoms with Crippen LogP contribution >= 0.6 is 0 Å². The van der Waals surface area contributed by atoms with Gasteiger partial charge in [-0.2, -0.15) is 8.78 Å². The first-order chi connectivity index (χ1) is 19.3. The fourth-order valence-corrected chi connectivity index (χ4v) is 5.74. The Morgan fingerprint density at radius 2 is 1.77 bits per heavy atom. The fourth-order valence-electron chi connectivity index (χ4n) is 5.74. The van der Waals surface area contributed by atoms with E-state index in [0.717, 1.165) is 44.1 Å². The van der Waals surface area contributed by atoms with Crippen molar-refractivity contribution in [1.29, 1.82) is 0 Å². The molecule has 1 saturated carbocycles. The van der Waals surface area contributed by atoms with Crippen LogP contribution in [0.15, 0.2) is 30.3 Å². The number of halogens is 2. The van der Waals surface area contributed by atoms with Gasteiger partial charge in [-0.15, -0.1) is 0 Å². The minimum absolute atomic E-state index is 0.0838. The van der Waals surface area contributed by atoms with Gasteiger partial charge in [-0.25, -0.2) is 0 Å². The summed E-state index contributed by atoms with van der Waals surface area (Å²) in [5, 5.41) is 0. The van der Waals surface area contributed by atoms with Crippen molar-refractivity contribution in [2.45, 2.75) is 128 Å². The van der Waals surface area contributed by atoms with E-state index >= 15 is 0 Å². The molecule has 3 rings (SSSR count). The maximum Gasteiger partial charge on any atom is 0.306 e. The van der Waals surface area contributed by atoms with Gasteiger partial charge in [0, 0.05) is 38.2 Å². The van der Waals surface area contributed by atoms with Crippen LogP contribution in [0, 0.1) is 11.8 Å². The lowest BCUT2D eigenvalue weighted by molar-refractivity contribution is -0.196. The van der Waals surface area contributed by atoms with Crippen LogP contribution in [0.5, 0.6) is 0 Å². The van der Waals surface area contributed by atoms with Crippen LogP contribution in [-0.2, 0) is 35.2 Å². The summed E-state index contributed by atoms with van der Waals surface area (Å²) in [6.45, 7) is 2.70. The number of esters is 1. The molecule has 224 valence electrons. The number of ketones is 2. The van der Waals surface area contributed by atoms with Gasteiger partial charge in [0.25, 0.3) is 0 Å². The molecule has 4 atom stereocenters. The standard InChI is InChI=1S/C32H46F2O6/c1-2-3-20-32(33,34)29(36)19-18-26-25(27(35)22-28(26)40-31-17-11-12-21-38-31)15-9-4-5-10-16-30(37)39-23-24-13-7-6-8-14-24/h6-8,13-14,25-26,28,31H,2-5,9-12,15-23H2,1H3. The first kappa shape index (κ1) is 32.3. The minimum atomic E-state index is -3.32. The Labute approximate surface area is 237 Å². The highest BCUT2D eigenvalue weighted by atomic mass is 19.3. The van der Waals surface area contributed by atoms with Gasteiger partial charge in [0.2, 0.25) is 5.78 Å². The lowest BCUT2D eigenvalue weighted by Gasteiger charge is -2.30. The maximum atomic E-state index is 14.3. The van der Waals surface area contributed by atoms with Gasteiger partial charge < -0.3 is 14.2 Å². The molecule has 0 bridgehead atoms. The topological polar surface area (TPSA) is 78.9 Å². The molecule has 1 aromatic carbocycles. The lowest BCUT2D eigenvalue weighted by Crippen LogP contribution is -2.33. The molecular weight excluding hydrogens is 518 g/mol. The van der Waals surface area contributed by atoms with Crippen LogP contribution in [0.3, 0.4) is 0 Å². The average Bonchev–Trinajstić information content (AvgIpc) is 3.25. The molecule has 1 saturated heterocycles. The molecule has 2 aliphatic rings. The third kappa shape index (κ3) is 10.7. The molecule has 0 aromatic heterocycles. The zero-order valence-corrected chi connectivity index (χ0v) is 23.9. The summed E-state index contributed by atoms with van der Waals surface area (Å²) < 4.78 is 45.9. The first-order valence-electron chi connectivity index (χ1n) is 15.2. The monoisotopic (exact) mass is 564 g/mol. The number of hydrogen-bond acceptors (Lipinski definition) is 6. The average molecular weight is 565 g/mol. The van der Waals surface area contributed by atoms with Crippen molar-refractivity contribution in [2.75, 3.05) is 6.61 Å². The lowest BCUT2D eigenvalue weighted by atomic mass is 9.84. The maximum absolute atomic E-state index is 14.3. The Balaban J connectivity index is 1.45. The second-order valence-corrected chi connectivity index (χ2v) is 11.3. The van der Waals surface area contributed by atoms with E-state index in [0.29, 0.717) is 38.7 Å². The summed E-state index contributed by atoms with van der Waals surface area (Å²) in [4.78, 5) is 37.4. The summed E-state index contributed by atoms with van der Waals surface area (Å²) in [6.07, 6.45) is 6.81. The molecule has 1 aromatic rings. The molecule has 0 amide bonds. The van der Waals surface area contributed by atoms with E-state index < -0.39 is 24.2 Å². The van der Waals surface area contributed by atoms with Crippen molar-refractivity contribution < 1.29 is 37.4 Å². The first-order valence-corrected chi connectivity index (χ1v) is 15.2. The van der Waals surface area contributed by atoms with Crippen LogP contribution < -0.4 is 0 Å². The Morgan fingerprint density at radius 1 is 1.00 bits per heavy atom. The predicted molar refractivity (Wildman–Crippen MR) is 148 cm³/mol. The highest BCUT2D eigenvalue weighted by Gasteiger charge is 2.45. The van der Waals surface area contributed by atoms with Gasteiger partial charge >= 0.3 is 11.9 Å².